The van der Waals surface area contributed by atoms with Crippen molar-refractivity contribution in [1.82, 2.24) is 9.88 Å². The van der Waals surface area contributed by atoms with Gasteiger partial charge in [0.1, 0.15) is 0 Å². The zero-order chi connectivity index (χ0) is 11.8. The molecule has 0 aliphatic rings. The van der Waals surface area contributed by atoms with E-state index < -0.39 is 0 Å². The van der Waals surface area contributed by atoms with Crippen LogP contribution in [0.3, 0.4) is 0 Å². The van der Waals surface area contributed by atoms with Gasteiger partial charge in [-0.3, -0.25) is 4.79 Å². The summed E-state index contributed by atoms with van der Waals surface area (Å²) in [6, 6.07) is 4.11. The van der Waals surface area contributed by atoms with Crippen molar-refractivity contribution in [1.29, 1.82) is 0 Å². The van der Waals surface area contributed by atoms with Crippen LogP contribution in [-0.2, 0) is 23.1 Å². The van der Waals surface area contributed by atoms with Crippen LogP contribution in [0.2, 0.25) is 0 Å². The van der Waals surface area contributed by atoms with Gasteiger partial charge < -0.3 is 14.6 Å². The van der Waals surface area contributed by atoms with Gasteiger partial charge in [0.05, 0.1) is 6.61 Å². The quantitative estimate of drug-likeness (QED) is 0.563. The number of aryl methyl sites for hydroxylation is 1. The van der Waals surface area contributed by atoms with Gasteiger partial charge in [0.2, 0.25) is 0 Å². The molecule has 1 heterocycles. The van der Waals surface area contributed by atoms with Gasteiger partial charge in [0.25, 0.3) is 0 Å². The van der Waals surface area contributed by atoms with Crippen LogP contribution < -0.4 is 5.32 Å². The zero-order valence-corrected chi connectivity index (χ0v) is 10.0. The van der Waals surface area contributed by atoms with E-state index in [2.05, 4.69) is 16.0 Å². The van der Waals surface area contributed by atoms with Crippen LogP contribution in [0.25, 0.3) is 0 Å². The molecule has 4 heteroatoms. The molecule has 0 unspecified atom stereocenters. The van der Waals surface area contributed by atoms with E-state index >= 15 is 0 Å². The van der Waals surface area contributed by atoms with E-state index in [9.17, 15) is 4.79 Å². The highest BCUT2D eigenvalue weighted by atomic mass is 16.5. The molecule has 1 N–H and O–H groups in total. The average molecular weight is 224 g/mol. The van der Waals surface area contributed by atoms with Crippen molar-refractivity contribution in [2.24, 2.45) is 7.05 Å². The second kappa shape index (κ2) is 7.06. The number of carbonyl (C=O) groups excluding carboxylic acids is 1. The highest BCUT2D eigenvalue weighted by molar-refractivity contribution is 5.69. The Balaban J connectivity index is 2.04. The lowest BCUT2D eigenvalue weighted by atomic mass is 10.3. The van der Waals surface area contributed by atoms with Crippen molar-refractivity contribution in [3.05, 3.63) is 24.0 Å². The molecule has 1 aromatic heterocycles. The number of esters is 1. The molecule has 1 aromatic rings. The predicted molar refractivity (Wildman–Crippen MR) is 63.0 cm³/mol. The number of rotatable bonds is 7. The van der Waals surface area contributed by atoms with Crippen LogP contribution in [0.4, 0.5) is 0 Å². The van der Waals surface area contributed by atoms with Crippen LogP contribution in [-0.4, -0.2) is 23.7 Å². The molecule has 4 nitrogen and oxygen atoms in total. The van der Waals surface area contributed by atoms with E-state index in [1.165, 1.54) is 5.69 Å². The lowest BCUT2D eigenvalue weighted by molar-refractivity contribution is -0.143. The van der Waals surface area contributed by atoms with Crippen molar-refractivity contribution in [2.45, 2.75) is 26.3 Å². The van der Waals surface area contributed by atoms with E-state index in [0.29, 0.717) is 13.0 Å². The number of nitrogens with zero attached hydrogens (tertiary/aromatic N) is 1. The first-order chi connectivity index (χ1) is 7.74. The minimum Gasteiger partial charge on any atom is -0.466 e. The summed E-state index contributed by atoms with van der Waals surface area (Å²) in [6.07, 6.45) is 3.34. The number of ether oxygens (including phenoxy) is 1. The maximum absolute atomic E-state index is 11.0. The molecule has 0 atom stereocenters. The van der Waals surface area contributed by atoms with E-state index in [1.54, 1.807) is 0 Å². The fraction of sp³-hybridized carbons (Fsp3) is 0.583. The molecule has 0 fully saturated rings. The summed E-state index contributed by atoms with van der Waals surface area (Å²) >= 11 is 0. The van der Waals surface area contributed by atoms with Crippen LogP contribution in [0.5, 0.6) is 0 Å². The molecule has 16 heavy (non-hydrogen) atoms. The maximum Gasteiger partial charge on any atom is 0.305 e. The first-order valence-electron chi connectivity index (χ1n) is 5.70. The summed E-state index contributed by atoms with van der Waals surface area (Å²) in [5.41, 5.74) is 1.25. The zero-order valence-electron chi connectivity index (χ0n) is 10.0. The highest BCUT2D eigenvalue weighted by Gasteiger charge is 2.01. The monoisotopic (exact) mass is 224 g/mol. The Morgan fingerprint density at radius 2 is 2.38 bits per heavy atom. The normalized spacial score (nSPS) is 10.4. The number of aromatic nitrogens is 1. The van der Waals surface area contributed by atoms with Gasteiger partial charge in [0, 0.05) is 31.9 Å². The van der Waals surface area contributed by atoms with E-state index in [-0.39, 0.29) is 5.97 Å². The molecular weight excluding hydrogens is 204 g/mol. The third-order valence-corrected chi connectivity index (χ3v) is 2.40. The van der Waals surface area contributed by atoms with Gasteiger partial charge in [-0.1, -0.05) is 0 Å². The van der Waals surface area contributed by atoms with E-state index in [4.69, 9.17) is 4.74 Å². The van der Waals surface area contributed by atoms with E-state index in [1.807, 2.05) is 26.2 Å². The molecule has 0 aliphatic heterocycles. The summed E-state index contributed by atoms with van der Waals surface area (Å²) in [7, 11) is 2.02. The summed E-state index contributed by atoms with van der Waals surface area (Å²) in [5.74, 6) is -0.108. The van der Waals surface area contributed by atoms with Crippen molar-refractivity contribution >= 4 is 5.97 Å². The Labute approximate surface area is 96.6 Å². The molecule has 0 aliphatic carbocycles. The lowest BCUT2D eigenvalue weighted by Gasteiger charge is -2.05. The molecule has 0 saturated carbocycles. The van der Waals surface area contributed by atoms with Gasteiger partial charge in [-0.25, -0.2) is 0 Å². The largest absolute Gasteiger partial charge is 0.466 e. The Kier molecular flexibility index (Phi) is 5.64. The third kappa shape index (κ3) is 4.49. The van der Waals surface area contributed by atoms with Crippen molar-refractivity contribution in [3.8, 4) is 0 Å². The molecule has 0 aromatic carbocycles. The van der Waals surface area contributed by atoms with Crippen LogP contribution >= 0.6 is 0 Å². The molecule has 0 amide bonds. The van der Waals surface area contributed by atoms with Gasteiger partial charge in [-0.15, -0.1) is 0 Å². The topological polar surface area (TPSA) is 43.3 Å². The maximum atomic E-state index is 11.0. The molecular formula is C12H20N2O2. The van der Waals surface area contributed by atoms with Crippen molar-refractivity contribution < 1.29 is 9.53 Å². The number of carbonyl (C=O) groups is 1. The van der Waals surface area contributed by atoms with Gasteiger partial charge in [-0.2, -0.15) is 0 Å². The molecule has 1 rings (SSSR count). The Morgan fingerprint density at radius 1 is 1.56 bits per heavy atom. The van der Waals surface area contributed by atoms with Crippen molar-refractivity contribution in [3.63, 3.8) is 0 Å². The van der Waals surface area contributed by atoms with E-state index in [0.717, 1.165) is 19.5 Å². The number of hydrogen-bond donors (Lipinski definition) is 1. The third-order valence-electron chi connectivity index (χ3n) is 2.40. The first-order valence-corrected chi connectivity index (χ1v) is 5.70. The van der Waals surface area contributed by atoms with Crippen molar-refractivity contribution in [2.75, 3.05) is 13.2 Å². The molecule has 0 spiro atoms. The summed E-state index contributed by atoms with van der Waals surface area (Å²) < 4.78 is 6.92. The van der Waals surface area contributed by atoms with Gasteiger partial charge in [0.15, 0.2) is 0 Å². The smallest absolute Gasteiger partial charge is 0.305 e. The Morgan fingerprint density at radius 3 is 3.00 bits per heavy atom. The van der Waals surface area contributed by atoms with Crippen LogP contribution in [0, 0.1) is 0 Å². The number of hydrogen-bond acceptors (Lipinski definition) is 3. The van der Waals surface area contributed by atoms with Gasteiger partial charge in [-0.05, 0) is 32.0 Å². The summed E-state index contributed by atoms with van der Waals surface area (Å²) in [4.78, 5) is 11.0. The highest BCUT2D eigenvalue weighted by Crippen LogP contribution is 1.98. The lowest BCUT2D eigenvalue weighted by Crippen LogP contribution is -2.17. The summed E-state index contributed by atoms with van der Waals surface area (Å²) in [5, 5.41) is 3.30. The molecule has 0 radical (unpaired) electrons. The van der Waals surface area contributed by atoms with Gasteiger partial charge >= 0.3 is 5.97 Å². The molecule has 0 saturated heterocycles. The standard InChI is InChI=1S/C12H20N2O2/c1-3-16-12(15)7-4-8-13-10-11-6-5-9-14(11)2/h5-6,9,13H,3-4,7-8,10H2,1-2H3. The fourth-order valence-electron chi connectivity index (χ4n) is 1.49. The minimum atomic E-state index is -0.108. The second-order valence-electron chi connectivity index (χ2n) is 3.70. The Hall–Kier alpha value is -1.29. The fourth-order valence-corrected chi connectivity index (χ4v) is 1.49. The Bertz CT molecular complexity index is 321. The molecule has 90 valence electrons. The number of nitrogens with one attached hydrogen (secondary N) is 1. The second-order valence-corrected chi connectivity index (χ2v) is 3.70. The minimum absolute atomic E-state index is 0.108. The predicted octanol–water partition coefficient (Wildman–Crippen LogP) is 1.46. The van der Waals surface area contributed by atoms with Crippen LogP contribution in [0.1, 0.15) is 25.5 Å². The summed E-state index contributed by atoms with van der Waals surface area (Å²) in [6.45, 7) is 3.97. The van der Waals surface area contributed by atoms with Crippen LogP contribution in [0.15, 0.2) is 18.3 Å². The average Bonchev–Trinajstić information content (AvgIpc) is 2.64. The molecule has 0 bridgehead atoms. The SMILES string of the molecule is CCOC(=O)CCCNCc1cccn1C. The first kappa shape index (κ1) is 12.8.